The Labute approximate surface area is 131 Å². The van der Waals surface area contributed by atoms with Gasteiger partial charge in [-0.3, -0.25) is 4.79 Å². The van der Waals surface area contributed by atoms with Gasteiger partial charge in [0.05, 0.1) is 11.7 Å². The first-order valence-electron chi connectivity index (χ1n) is 8.33. The van der Waals surface area contributed by atoms with E-state index in [9.17, 15) is 4.79 Å². The summed E-state index contributed by atoms with van der Waals surface area (Å²) in [4.78, 5) is 15.6. The van der Waals surface area contributed by atoms with Gasteiger partial charge in [0.15, 0.2) is 0 Å². The molecule has 7 nitrogen and oxygen atoms in total. The molecule has 1 unspecified atom stereocenters. The highest BCUT2D eigenvalue weighted by Crippen LogP contribution is 2.21. The van der Waals surface area contributed by atoms with Crippen LogP contribution in [0.5, 0.6) is 0 Å². The Balaban J connectivity index is 1.59. The first kappa shape index (κ1) is 15.4. The molecule has 3 heterocycles. The minimum absolute atomic E-state index is 0.0126. The lowest BCUT2D eigenvalue weighted by molar-refractivity contribution is -0.121. The molecule has 2 fully saturated rings. The van der Waals surface area contributed by atoms with Gasteiger partial charge in [-0.25, -0.2) is 4.68 Å². The summed E-state index contributed by atoms with van der Waals surface area (Å²) >= 11 is 0. The van der Waals surface area contributed by atoms with Crippen LogP contribution in [0.25, 0.3) is 0 Å². The van der Waals surface area contributed by atoms with E-state index in [0.717, 1.165) is 56.9 Å². The van der Waals surface area contributed by atoms with Crippen molar-refractivity contribution in [3.63, 3.8) is 0 Å². The van der Waals surface area contributed by atoms with E-state index in [1.807, 2.05) is 9.58 Å². The first-order valence-corrected chi connectivity index (χ1v) is 8.33. The van der Waals surface area contributed by atoms with Crippen molar-refractivity contribution in [3.8, 4) is 0 Å². The molecule has 1 amide bonds. The summed E-state index contributed by atoms with van der Waals surface area (Å²) in [6.45, 7) is 8.91. The second-order valence-corrected chi connectivity index (χ2v) is 6.25. The number of rotatable bonds is 6. The van der Waals surface area contributed by atoms with Crippen LogP contribution in [0.4, 0.5) is 0 Å². The van der Waals surface area contributed by atoms with Gasteiger partial charge in [0.25, 0.3) is 0 Å². The van der Waals surface area contributed by atoms with E-state index < -0.39 is 0 Å². The number of hydrogen-bond donors (Lipinski definition) is 1. The van der Waals surface area contributed by atoms with E-state index in [-0.39, 0.29) is 6.04 Å². The van der Waals surface area contributed by atoms with Crippen molar-refractivity contribution in [2.24, 2.45) is 0 Å². The highest BCUT2D eigenvalue weighted by molar-refractivity contribution is 5.49. The van der Waals surface area contributed by atoms with Crippen LogP contribution in [0.2, 0.25) is 0 Å². The van der Waals surface area contributed by atoms with Gasteiger partial charge in [-0.2, -0.15) is 0 Å². The molecule has 0 aliphatic carbocycles. The summed E-state index contributed by atoms with van der Waals surface area (Å²) in [5.41, 5.74) is 2.02. The molecular formula is C15H26N6O. The molecule has 1 aromatic heterocycles. The summed E-state index contributed by atoms with van der Waals surface area (Å²) in [6, 6.07) is 0.0126. The Morgan fingerprint density at radius 1 is 1.27 bits per heavy atom. The Hall–Kier alpha value is -1.47. The maximum Gasteiger partial charge on any atom is 0.210 e. The van der Waals surface area contributed by atoms with Gasteiger partial charge in [0, 0.05) is 26.2 Å². The number of hydrogen-bond acceptors (Lipinski definition) is 5. The lowest BCUT2D eigenvalue weighted by atomic mass is 10.1. The summed E-state index contributed by atoms with van der Waals surface area (Å²) in [7, 11) is 0. The van der Waals surface area contributed by atoms with Crippen LogP contribution in [-0.2, 0) is 11.3 Å². The highest BCUT2D eigenvalue weighted by atomic mass is 16.1. The third kappa shape index (κ3) is 3.30. The molecule has 1 atom stereocenters. The Kier molecular flexibility index (Phi) is 5.04. The van der Waals surface area contributed by atoms with E-state index in [1.165, 1.54) is 25.9 Å². The van der Waals surface area contributed by atoms with Crippen LogP contribution in [0.3, 0.4) is 0 Å². The van der Waals surface area contributed by atoms with E-state index in [1.54, 1.807) is 0 Å². The van der Waals surface area contributed by atoms with Crippen LogP contribution in [-0.4, -0.2) is 70.5 Å². The van der Waals surface area contributed by atoms with E-state index >= 15 is 0 Å². The lowest BCUT2D eigenvalue weighted by Crippen LogP contribution is -2.45. The molecule has 2 aliphatic rings. The number of aryl methyl sites for hydroxylation is 1. The molecular weight excluding hydrogens is 280 g/mol. The molecule has 2 saturated heterocycles. The van der Waals surface area contributed by atoms with Crippen molar-refractivity contribution in [2.75, 3.05) is 39.3 Å². The molecule has 122 valence electrons. The molecule has 0 spiro atoms. The molecule has 0 saturated carbocycles. The van der Waals surface area contributed by atoms with Gasteiger partial charge in [-0.15, -0.1) is 5.10 Å². The number of aromatic nitrogens is 3. The molecule has 22 heavy (non-hydrogen) atoms. The minimum Gasteiger partial charge on any atom is -0.334 e. The van der Waals surface area contributed by atoms with Gasteiger partial charge >= 0.3 is 0 Å². The summed E-state index contributed by atoms with van der Waals surface area (Å²) in [5, 5.41) is 12.0. The molecule has 0 bridgehead atoms. The largest absolute Gasteiger partial charge is 0.334 e. The quantitative estimate of drug-likeness (QED) is 0.759. The first-order chi connectivity index (χ1) is 10.8. The Morgan fingerprint density at radius 3 is 2.86 bits per heavy atom. The smallest absolute Gasteiger partial charge is 0.210 e. The standard InChI is InChI=1S/C15H26N6O/c1-13-15(14-11-16-5-10-20(14)12-22)17-18-21(13)9-4-8-19-6-2-3-7-19/h12,14,16H,2-11H2,1H3. The zero-order valence-corrected chi connectivity index (χ0v) is 13.4. The van der Waals surface area contributed by atoms with Crippen LogP contribution in [0.1, 0.15) is 36.7 Å². The van der Waals surface area contributed by atoms with E-state index in [0.29, 0.717) is 0 Å². The monoisotopic (exact) mass is 306 g/mol. The predicted molar refractivity (Wildman–Crippen MR) is 83.4 cm³/mol. The zero-order chi connectivity index (χ0) is 15.4. The summed E-state index contributed by atoms with van der Waals surface area (Å²) in [6.07, 6.45) is 4.70. The third-order valence-electron chi connectivity index (χ3n) is 4.80. The minimum atomic E-state index is 0.0126. The summed E-state index contributed by atoms with van der Waals surface area (Å²) < 4.78 is 1.99. The molecule has 7 heteroatoms. The van der Waals surface area contributed by atoms with Gasteiger partial charge in [-0.1, -0.05) is 5.21 Å². The van der Waals surface area contributed by atoms with E-state index in [4.69, 9.17) is 0 Å². The van der Waals surface area contributed by atoms with Gasteiger partial charge in [-0.05, 0) is 45.8 Å². The maximum atomic E-state index is 11.2. The van der Waals surface area contributed by atoms with Gasteiger partial charge < -0.3 is 15.1 Å². The number of carbonyl (C=O) groups is 1. The second-order valence-electron chi connectivity index (χ2n) is 6.25. The topological polar surface area (TPSA) is 66.3 Å². The SMILES string of the molecule is Cc1c(C2CNCCN2C=O)nnn1CCCN1CCCC1. The van der Waals surface area contributed by atoms with Gasteiger partial charge in [0.2, 0.25) is 6.41 Å². The number of likely N-dealkylation sites (tertiary alicyclic amines) is 1. The number of carbonyl (C=O) groups excluding carboxylic acids is 1. The molecule has 3 rings (SSSR count). The van der Waals surface area contributed by atoms with Crippen molar-refractivity contribution >= 4 is 6.41 Å². The van der Waals surface area contributed by atoms with E-state index in [2.05, 4.69) is 27.5 Å². The second kappa shape index (κ2) is 7.19. The molecule has 0 aromatic carbocycles. The zero-order valence-electron chi connectivity index (χ0n) is 13.4. The van der Waals surface area contributed by atoms with Crippen molar-refractivity contribution in [2.45, 2.75) is 38.8 Å². The third-order valence-corrected chi connectivity index (χ3v) is 4.80. The highest BCUT2D eigenvalue weighted by Gasteiger charge is 2.27. The molecule has 2 aliphatic heterocycles. The Morgan fingerprint density at radius 2 is 2.09 bits per heavy atom. The van der Waals surface area contributed by atoms with Crippen molar-refractivity contribution in [3.05, 3.63) is 11.4 Å². The van der Waals surface area contributed by atoms with Crippen LogP contribution >= 0.6 is 0 Å². The number of nitrogens with zero attached hydrogens (tertiary/aromatic N) is 5. The number of piperazine rings is 1. The average molecular weight is 306 g/mol. The summed E-state index contributed by atoms with van der Waals surface area (Å²) in [5.74, 6) is 0. The van der Waals surface area contributed by atoms with Crippen molar-refractivity contribution in [1.82, 2.24) is 30.1 Å². The number of amides is 1. The van der Waals surface area contributed by atoms with Crippen molar-refractivity contribution in [1.29, 1.82) is 0 Å². The number of nitrogens with one attached hydrogen (secondary N) is 1. The van der Waals surface area contributed by atoms with Crippen LogP contribution in [0.15, 0.2) is 0 Å². The van der Waals surface area contributed by atoms with Gasteiger partial charge in [0.1, 0.15) is 5.69 Å². The maximum absolute atomic E-state index is 11.2. The fraction of sp³-hybridized carbons (Fsp3) is 0.800. The average Bonchev–Trinajstić information content (AvgIpc) is 3.18. The normalized spacial score (nSPS) is 23.1. The molecule has 1 N–H and O–H groups in total. The predicted octanol–water partition coefficient (Wildman–Crippen LogP) is 0.175. The Bertz CT molecular complexity index is 496. The molecule has 0 radical (unpaired) electrons. The lowest BCUT2D eigenvalue weighted by Gasteiger charge is -2.32. The van der Waals surface area contributed by atoms with Crippen LogP contribution in [0, 0.1) is 6.92 Å². The molecule has 1 aromatic rings. The fourth-order valence-corrected chi connectivity index (χ4v) is 3.44. The van der Waals surface area contributed by atoms with Crippen molar-refractivity contribution < 1.29 is 4.79 Å². The van der Waals surface area contributed by atoms with Crippen LogP contribution < -0.4 is 5.32 Å². The fourth-order valence-electron chi connectivity index (χ4n) is 3.44.